The average molecular weight is 292 g/mol. The number of nitrogens with one attached hydrogen (secondary N) is 1. The predicted octanol–water partition coefficient (Wildman–Crippen LogP) is 3.91. The fourth-order valence-electron chi connectivity index (χ4n) is 2.42. The molecule has 3 heteroatoms. The van der Waals surface area contributed by atoms with Gasteiger partial charge in [0.2, 0.25) is 0 Å². The summed E-state index contributed by atoms with van der Waals surface area (Å²) in [5.74, 6) is 0. The van der Waals surface area contributed by atoms with Gasteiger partial charge in [-0.25, -0.2) is 0 Å². The Morgan fingerprint density at radius 3 is 2.40 bits per heavy atom. The topological polar surface area (TPSA) is 32.3 Å². The van der Waals surface area contributed by atoms with Crippen molar-refractivity contribution in [3.05, 3.63) is 47.2 Å². The third-order valence-corrected chi connectivity index (χ3v) is 5.63. The van der Waals surface area contributed by atoms with Crippen LogP contribution < -0.4 is 5.32 Å². The minimum atomic E-state index is -1.43. The van der Waals surface area contributed by atoms with Crippen molar-refractivity contribution in [1.29, 1.82) is 0 Å². The quantitative estimate of drug-likeness (QED) is 0.712. The van der Waals surface area contributed by atoms with Crippen molar-refractivity contribution in [3.63, 3.8) is 0 Å². The highest BCUT2D eigenvalue weighted by Crippen LogP contribution is 2.29. The smallest absolute Gasteiger partial charge is 0.0745 e. The summed E-state index contributed by atoms with van der Waals surface area (Å²) in [5.41, 5.74) is 1.33. The molecule has 0 saturated heterocycles. The lowest BCUT2D eigenvalue weighted by atomic mass is 10.1. The maximum Gasteiger partial charge on any atom is 0.0745 e. The molecule has 20 heavy (non-hydrogen) atoms. The Bertz CT molecular complexity index is 409. The molecule has 0 aliphatic rings. The largest absolute Gasteiger partial charge is 0.396 e. The van der Waals surface area contributed by atoms with Crippen LogP contribution in [0.25, 0.3) is 0 Å². The van der Waals surface area contributed by atoms with Crippen molar-refractivity contribution >= 4 is 8.07 Å². The fraction of sp³-hybridized carbons (Fsp3) is 0.529. The van der Waals surface area contributed by atoms with Crippen molar-refractivity contribution in [2.45, 2.75) is 45.4 Å². The van der Waals surface area contributed by atoms with Gasteiger partial charge < -0.3 is 10.4 Å². The minimum Gasteiger partial charge on any atom is -0.396 e. The molecule has 0 saturated carbocycles. The van der Waals surface area contributed by atoms with Crippen LogP contribution in [0.4, 0.5) is 0 Å². The van der Waals surface area contributed by atoms with E-state index in [1.165, 1.54) is 10.8 Å². The van der Waals surface area contributed by atoms with Crippen LogP contribution in [-0.2, 0) is 0 Å². The molecular formula is C17H29NOSi. The molecule has 2 N–H and O–H groups in total. The summed E-state index contributed by atoms with van der Waals surface area (Å²) in [4.78, 5) is 0. The molecule has 2 nitrogen and oxygen atoms in total. The standard InChI is InChI=1S/C17H29NOSi/c1-5-13-18-17(15-10-7-6-8-11-15)16(12-9-14-19)20(2,3)4/h6-8,10-12,17-19H,5,9,13-14H2,1-4H3/b16-12-. The van der Waals surface area contributed by atoms with Crippen LogP contribution in [-0.4, -0.2) is 26.3 Å². The van der Waals surface area contributed by atoms with Gasteiger partial charge in [-0.1, -0.05) is 68.2 Å². The summed E-state index contributed by atoms with van der Waals surface area (Å²) >= 11 is 0. The zero-order chi connectivity index (χ0) is 15.0. The number of aliphatic hydroxyl groups is 1. The Labute approximate surface area is 124 Å². The molecule has 1 rings (SSSR count). The number of rotatable bonds is 8. The van der Waals surface area contributed by atoms with E-state index in [9.17, 15) is 0 Å². The summed E-state index contributed by atoms with van der Waals surface area (Å²) in [6.45, 7) is 10.6. The zero-order valence-electron chi connectivity index (χ0n) is 13.3. The van der Waals surface area contributed by atoms with Gasteiger partial charge in [0, 0.05) is 6.61 Å². The maximum atomic E-state index is 9.16. The molecule has 1 atom stereocenters. The van der Waals surface area contributed by atoms with Gasteiger partial charge in [0.15, 0.2) is 0 Å². The molecule has 112 valence electrons. The highest BCUT2D eigenvalue weighted by atomic mass is 28.3. The van der Waals surface area contributed by atoms with Gasteiger partial charge in [-0.3, -0.25) is 0 Å². The summed E-state index contributed by atoms with van der Waals surface area (Å²) in [6, 6.07) is 10.9. The van der Waals surface area contributed by atoms with Gasteiger partial charge in [0.05, 0.1) is 14.1 Å². The van der Waals surface area contributed by atoms with E-state index in [0.29, 0.717) is 0 Å². The first-order valence-electron chi connectivity index (χ1n) is 7.60. The summed E-state index contributed by atoms with van der Waals surface area (Å²) in [6.07, 6.45) is 4.13. The highest BCUT2D eigenvalue weighted by molar-refractivity contribution is 6.83. The molecule has 0 aliphatic heterocycles. The molecule has 1 aromatic carbocycles. The Hall–Kier alpha value is -0.903. The molecule has 0 spiro atoms. The Balaban J connectivity index is 3.11. The highest BCUT2D eigenvalue weighted by Gasteiger charge is 2.27. The normalized spacial score (nSPS) is 14.3. The second-order valence-electron chi connectivity index (χ2n) is 6.22. The molecule has 0 heterocycles. The first-order valence-corrected chi connectivity index (χ1v) is 11.1. The molecular weight excluding hydrogens is 262 g/mol. The van der Waals surface area contributed by atoms with Crippen LogP contribution in [0.3, 0.4) is 0 Å². The van der Waals surface area contributed by atoms with Crippen LogP contribution in [0, 0.1) is 0 Å². The van der Waals surface area contributed by atoms with E-state index in [4.69, 9.17) is 5.11 Å². The third-order valence-electron chi connectivity index (χ3n) is 3.40. The minimum absolute atomic E-state index is 0.225. The number of aliphatic hydroxyl groups excluding tert-OH is 1. The lowest BCUT2D eigenvalue weighted by molar-refractivity contribution is 0.302. The van der Waals surface area contributed by atoms with Crippen molar-refractivity contribution < 1.29 is 5.11 Å². The average Bonchev–Trinajstić information content (AvgIpc) is 2.42. The van der Waals surface area contributed by atoms with Crippen LogP contribution >= 0.6 is 0 Å². The van der Waals surface area contributed by atoms with E-state index in [1.807, 2.05) is 0 Å². The van der Waals surface area contributed by atoms with Gasteiger partial charge >= 0.3 is 0 Å². The summed E-state index contributed by atoms with van der Waals surface area (Å²) < 4.78 is 0. The zero-order valence-corrected chi connectivity index (χ0v) is 14.3. The molecule has 0 aromatic heterocycles. The maximum absolute atomic E-state index is 9.16. The summed E-state index contributed by atoms with van der Waals surface area (Å²) in [5, 5.41) is 14.3. The van der Waals surface area contributed by atoms with E-state index in [-0.39, 0.29) is 12.6 Å². The second kappa shape index (κ2) is 8.40. The van der Waals surface area contributed by atoms with E-state index in [1.54, 1.807) is 0 Å². The van der Waals surface area contributed by atoms with Crippen molar-refractivity contribution in [2.75, 3.05) is 13.2 Å². The lowest BCUT2D eigenvalue weighted by Gasteiger charge is -2.31. The Morgan fingerprint density at radius 2 is 1.90 bits per heavy atom. The number of hydrogen-bond donors (Lipinski definition) is 2. The van der Waals surface area contributed by atoms with E-state index in [2.05, 4.69) is 68.3 Å². The SMILES string of the molecule is CCCNC(/C(=C/CCO)[Si](C)(C)C)c1ccccc1. The molecule has 0 amide bonds. The van der Waals surface area contributed by atoms with Gasteiger partial charge in [0.1, 0.15) is 0 Å². The van der Waals surface area contributed by atoms with Crippen molar-refractivity contribution in [2.24, 2.45) is 0 Å². The van der Waals surface area contributed by atoms with E-state index < -0.39 is 8.07 Å². The van der Waals surface area contributed by atoms with E-state index >= 15 is 0 Å². The van der Waals surface area contributed by atoms with Gasteiger partial charge in [-0.2, -0.15) is 0 Å². The van der Waals surface area contributed by atoms with E-state index in [0.717, 1.165) is 19.4 Å². The van der Waals surface area contributed by atoms with Crippen LogP contribution in [0.15, 0.2) is 41.6 Å². The van der Waals surface area contributed by atoms with Gasteiger partial charge in [-0.05, 0) is 24.9 Å². The molecule has 0 aliphatic carbocycles. The van der Waals surface area contributed by atoms with Crippen LogP contribution in [0.2, 0.25) is 19.6 Å². The van der Waals surface area contributed by atoms with Crippen LogP contribution in [0.1, 0.15) is 31.4 Å². The molecule has 0 radical (unpaired) electrons. The van der Waals surface area contributed by atoms with Crippen LogP contribution in [0.5, 0.6) is 0 Å². The molecule has 1 unspecified atom stereocenters. The third kappa shape index (κ3) is 5.23. The van der Waals surface area contributed by atoms with Crippen molar-refractivity contribution in [1.82, 2.24) is 5.32 Å². The second-order valence-corrected chi connectivity index (χ2v) is 11.3. The lowest BCUT2D eigenvalue weighted by Crippen LogP contribution is -2.35. The Kier molecular flexibility index (Phi) is 7.20. The Morgan fingerprint density at radius 1 is 1.25 bits per heavy atom. The van der Waals surface area contributed by atoms with Crippen molar-refractivity contribution in [3.8, 4) is 0 Å². The first-order chi connectivity index (χ1) is 9.50. The molecule has 1 aromatic rings. The first kappa shape index (κ1) is 17.1. The molecule has 0 bridgehead atoms. The molecule has 0 fully saturated rings. The van der Waals surface area contributed by atoms with Gasteiger partial charge in [0.25, 0.3) is 0 Å². The monoisotopic (exact) mass is 291 g/mol. The summed E-state index contributed by atoms with van der Waals surface area (Å²) in [7, 11) is -1.43. The number of hydrogen-bond acceptors (Lipinski definition) is 2. The number of benzene rings is 1. The fourth-order valence-corrected chi connectivity index (χ4v) is 4.31. The predicted molar refractivity (Wildman–Crippen MR) is 90.6 cm³/mol. The van der Waals surface area contributed by atoms with Gasteiger partial charge in [-0.15, -0.1) is 0 Å².